The van der Waals surface area contributed by atoms with Crippen LogP contribution in [0.4, 0.5) is 13.2 Å². The van der Waals surface area contributed by atoms with Crippen molar-refractivity contribution in [1.82, 2.24) is 9.55 Å². The molecule has 6 heteroatoms. The highest BCUT2D eigenvalue weighted by molar-refractivity contribution is 7.71. The topological polar surface area (TPSA) is 20.7 Å². The summed E-state index contributed by atoms with van der Waals surface area (Å²) in [6.07, 6.45) is 0.163. The number of aromatic amines is 1. The largest absolute Gasteiger partial charge is 0.416 e. The number of imidazole rings is 1. The van der Waals surface area contributed by atoms with Crippen LogP contribution < -0.4 is 0 Å². The van der Waals surface area contributed by atoms with Crippen molar-refractivity contribution in [3.63, 3.8) is 0 Å². The molecule has 21 heavy (non-hydrogen) atoms. The Balaban J connectivity index is 2.06. The van der Waals surface area contributed by atoms with Gasteiger partial charge in [-0.2, -0.15) is 13.2 Å². The molecule has 1 atom stereocenters. The second-order valence-electron chi connectivity index (χ2n) is 5.77. The summed E-state index contributed by atoms with van der Waals surface area (Å²) >= 11 is 5.33. The third kappa shape index (κ3) is 2.86. The molecule has 0 saturated heterocycles. The zero-order valence-corrected chi connectivity index (χ0v) is 12.5. The Bertz CT molecular complexity index is 710. The molecule has 1 fully saturated rings. The average molecular weight is 314 g/mol. The molecular formula is C15H17F3N2S. The van der Waals surface area contributed by atoms with Crippen LogP contribution in [0.1, 0.15) is 44.2 Å². The van der Waals surface area contributed by atoms with E-state index in [0.717, 1.165) is 36.4 Å². The van der Waals surface area contributed by atoms with E-state index in [4.69, 9.17) is 12.2 Å². The van der Waals surface area contributed by atoms with Crippen LogP contribution >= 0.6 is 12.2 Å². The molecule has 0 spiro atoms. The van der Waals surface area contributed by atoms with E-state index in [9.17, 15) is 13.2 Å². The third-order valence-electron chi connectivity index (χ3n) is 4.18. The monoisotopic (exact) mass is 314 g/mol. The minimum atomic E-state index is -4.33. The molecule has 1 aromatic carbocycles. The summed E-state index contributed by atoms with van der Waals surface area (Å²) in [5, 5.41) is 0. The number of fused-ring (bicyclic) bond motifs is 1. The van der Waals surface area contributed by atoms with Crippen molar-refractivity contribution in [3.05, 3.63) is 28.5 Å². The second-order valence-corrected chi connectivity index (χ2v) is 6.16. The van der Waals surface area contributed by atoms with Gasteiger partial charge in [-0.3, -0.25) is 0 Å². The number of halogens is 3. The van der Waals surface area contributed by atoms with E-state index in [0.29, 0.717) is 10.3 Å². The molecule has 114 valence electrons. The summed E-state index contributed by atoms with van der Waals surface area (Å²) < 4.78 is 40.8. The number of nitrogens with zero attached hydrogens (tertiary/aromatic N) is 1. The number of hydrogen-bond donors (Lipinski definition) is 1. The molecular weight excluding hydrogens is 297 g/mol. The molecule has 1 unspecified atom stereocenters. The summed E-state index contributed by atoms with van der Waals surface area (Å²) in [6, 6.07) is 4.06. The van der Waals surface area contributed by atoms with Crippen molar-refractivity contribution in [3.8, 4) is 0 Å². The van der Waals surface area contributed by atoms with Crippen LogP contribution in [-0.2, 0) is 6.18 Å². The van der Waals surface area contributed by atoms with Gasteiger partial charge in [0, 0.05) is 6.04 Å². The minimum absolute atomic E-state index is 0.260. The van der Waals surface area contributed by atoms with E-state index in [1.54, 1.807) is 0 Å². The van der Waals surface area contributed by atoms with Crippen LogP contribution in [0.5, 0.6) is 0 Å². The normalized spacial score (nSPS) is 17.3. The Morgan fingerprint density at radius 1 is 1.38 bits per heavy atom. The molecule has 1 heterocycles. The van der Waals surface area contributed by atoms with Gasteiger partial charge < -0.3 is 9.55 Å². The second kappa shape index (κ2) is 5.16. The summed E-state index contributed by atoms with van der Waals surface area (Å²) in [5.41, 5.74) is 0.582. The standard InChI is InChI=1S/C15H17F3N2S/c1-2-11(7-9-3-4-9)20-13-6-5-10(15(16,17)18)8-12(13)19-14(20)21/h5-6,8-9,11H,2-4,7H2,1H3,(H,19,21). The summed E-state index contributed by atoms with van der Waals surface area (Å²) in [5.74, 6) is 0.747. The predicted octanol–water partition coefficient (Wildman–Crippen LogP) is 5.47. The van der Waals surface area contributed by atoms with E-state index in [1.165, 1.54) is 18.9 Å². The molecule has 2 nitrogen and oxygen atoms in total. The maximum atomic E-state index is 12.8. The lowest BCUT2D eigenvalue weighted by Crippen LogP contribution is -2.09. The molecule has 1 saturated carbocycles. The number of nitrogens with one attached hydrogen (secondary N) is 1. The van der Waals surface area contributed by atoms with Crippen LogP contribution in [-0.4, -0.2) is 9.55 Å². The number of benzene rings is 1. The number of alkyl halides is 3. The molecule has 1 aromatic heterocycles. The van der Waals surface area contributed by atoms with Gasteiger partial charge in [0.05, 0.1) is 16.6 Å². The molecule has 1 aliphatic rings. The van der Waals surface area contributed by atoms with E-state index >= 15 is 0 Å². The van der Waals surface area contributed by atoms with Gasteiger partial charge >= 0.3 is 6.18 Å². The van der Waals surface area contributed by atoms with Crippen molar-refractivity contribution in [2.45, 2.75) is 44.8 Å². The lowest BCUT2D eigenvalue weighted by Gasteiger charge is -2.17. The fourth-order valence-electron chi connectivity index (χ4n) is 2.86. The van der Waals surface area contributed by atoms with Crippen LogP contribution in [0.2, 0.25) is 0 Å². The van der Waals surface area contributed by atoms with Crippen LogP contribution in [0, 0.1) is 10.7 Å². The lowest BCUT2D eigenvalue weighted by atomic mass is 10.1. The Morgan fingerprint density at radius 2 is 2.10 bits per heavy atom. The number of hydrogen-bond acceptors (Lipinski definition) is 1. The van der Waals surface area contributed by atoms with E-state index in [2.05, 4.69) is 11.9 Å². The van der Waals surface area contributed by atoms with Crippen LogP contribution in [0.25, 0.3) is 11.0 Å². The SMILES string of the molecule is CCC(CC1CC1)n1c(=S)[nH]c2cc(C(F)(F)F)ccc21. The Hall–Kier alpha value is -1.30. The Morgan fingerprint density at radius 3 is 2.67 bits per heavy atom. The molecule has 3 rings (SSSR count). The molecule has 0 amide bonds. The van der Waals surface area contributed by atoms with Gasteiger partial charge in [-0.05, 0) is 49.2 Å². The van der Waals surface area contributed by atoms with Gasteiger partial charge in [-0.1, -0.05) is 19.8 Å². The zero-order chi connectivity index (χ0) is 15.2. The summed E-state index contributed by atoms with van der Waals surface area (Å²) in [4.78, 5) is 2.93. The molecule has 1 aliphatic carbocycles. The van der Waals surface area contributed by atoms with Crippen LogP contribution in [0.15, 0.2) is 18.2 Å². The highest BCUT2D eigenvalue weighted by Gasteiger charge is 2.31. The van der Waals surface area contributed by atoms with Crippen molar-refractivity contribution in [2.24, 2.45) is 5.92 Å². The maximum Gasteiger partial charge on any atom is 0.416 e. The smallest absolute Gasteiger partial charge is 0.331 e. The lowest BCUT2D eigenvalue weighted by molar-refractivity contribution is -0.137. The van der Waals surface area contributed by atoms with Gasteiger partial charge in [0.2, 0.25) is 0 Å². The molecule has 0 aliphatic heterocycles. The first-order valence-electron chi connectivity index (χ1n) is 7.21. The molecule has 0 bridgehead atoms. The Kier molecular flexibility index (Phi) is 3.59. The average Bonchev–Trinajstić information content (AvgIpc) is 3.16. The molecule has 1 N–H and O–H groups in total. The van der Waals surface area contributed by atoms with E-state index in [-0.39, 0.29) is 6.04 Å². The zero-order valence-electron chi connectivity index (χ0n) is 11.7. The fourth-order valence-corrected chi connectivity index (χ4v) is 3.22. The van der Waals surface area contributed by atoms with Crippen LogP contribution in [0.3, 0.4) is 0 Å². The van der Waals surface area contributed by atoms with Gasteiger partial charge in [0.1, 0.15) is 0 Å². The number of aromatic nitrogens is 2. The fraction of sp³-hybridized carbons (Fsp3) is 0.533. The highest BCUT2D eigenvalue weighted by atomic mass is 32.1. The minimum Gasteiger partial charge on any atom is -0.331 e. The van der Waals surface area contributed by atoms with Crippen molar-refractivity contribution >= 4 is 23.3 Å². The number of rotatable bonds is 4. The predicted molar refractivity (Wildman–Crippen MR) is 78.8 cm³/mol. The summed E-state index contributed by atoms with van der Waals surface area (Å²) in [6.45, 7) is 2.09. The Labute approximate surface area is 126 Å². The van der Waals surface area contributed by atoms with Gasteiger partial charge in [0.25, 0.3) is 0 Å². The van der Waals surface area contributed by atoms with E-state index < -0.39 is 11.7 Å². The molecule has 2 aromatic rings. The van der Waals surface area contributed by atoms with Crippen molar-refractivity contribution in [1.29, 1.82) is 0 Å². The quantitative estimate of drug-likeness (QED) is 0.742. The maximum absolute atomic E-state index is 12.8. The van der Waals surface area contributed by atoms with Crippen molar-refractivity contribution in [2.75, 3.05) is 0 Å². The van der Waals surface area contributed by atoms with Gasteiger partial charge in [-0.25, -0.2) is 0 Å². The van der Waals surface area contributed by atoms with Crippen molar-refractivity contribution < 1.29 is 13.2 Å². The number of H-pyrrole nitrogens is 1. The van der Waals surface area contributed by atoms with Gasteiger partial charge in [0.15, 0.2) is 4.77 Å². The van der Waals surface area contributed by atoms with E-state index in [1.807, 2.05) is 4.57 Å². The first-order valence-corrected chi connectivity index (χ1v) is 7.62. The third-order valence-corrected chi connectivity index (χ3v) is 4.48. The summed E-state index contributed by atoms with van der Waals surface area (Å²) in [7, 11) is 0. The first-order chi connectivity index (χ1) is 9.90. The molecule has 0 radical (unpaired) electrons. The highest BCUT2D eigenvalue weighted by Crippen LogP contribution is 2.39. The van der Waals surface area contributed by atoms with Gasteiger partial charge in [-0.15, -0.1) is 0 Å². The first kappa shape index (κ1) is 14.6.